The van der Waals surface area contributed by atoms with Crippen LogP contribution >= 0.6 is 0 Å². The molecule has 0 saturated carbocycles. The van der Waals surface area contributed by atoms with E-state index in [2.05, 4.69) is 50.4 Å². The van der Waals surface area contributed by atoms with Gasteiger partial charge in [0.15, 0.2) is 0 Å². The van der Waals surface area contributed by atoms with Gasteiger partial charge in [0.25, 0.3) is 0 Å². The minimum absolute atomic E-state index is 0.0278. The first-order chi connectivity index (χ1) is 14.3. The van der Waals surface area contributed by atoms with Crippen LogP contribution in [0.3, 0.4) is 0 Å². The topological polar surface area (TPSA) is 12.0 Å². The van der Waals surface area contributed by atoms with Gasteiger partial charge in [-0.15, -0.1) is 0 Å². The predicted octanol–water partition coefficient (Wildman–Crippen LogP) is 8.46. The van der Waals surface area contributed by atoms with Gasteiger partial charge in [0.05, 0.1) is 5.56 Å². The zero-order valence-corrected chi connectivity index (χ0v) is 18.9. The fourth-order valence-corrected chi connectivity index (χ4v) is 3.09. The fourth-order valence-electron chi connectivity index (χ4n) is 3.09. The summed E-state index contributed by atoms with van der Waals surface area (Å²) in [5.74, 6) is 0. The van der Waals surface area contributed by atoms with Gasteiger partial charge in [0, 0.05) is 12.6 Å². The quantitative estimate of drug-likeness (QED) is 0.449. The van der Waals surface area contributed by atoms with Crippen molar-refractivity contribution in [1.82, 2.24) is 5.32 Å². The third kappa shape index (κ3) is 7.17. The van der Waals surface area contributed by atoms with Crippen molar-refractivity contribution in [3.8, 4) is 0 Å². The molecule has 1 nitrogen and oxygen atoms in total. The molecule has 4 heteroatoms. The number of benzene rings is 3. The molecule has 0 spiro atoms. The molecule has 0 aromatic heterocycles. The van der Waals surface area contributed by atoms with Crippen molar-refractivity contribution in [2.75, 3.05) is 0 Å². The van der Waals surface area contributed by atoms with E-state index in [4.69, 9.17) is 0 Å². The number of rotatable bonds is 4. The molecule has 0 radical (unpaired) electrons. The van der Waals surface area contributed by atoms with Gasteiger partial charge in [0.2, 0.25) is 0 Å². The van der Waals surface area contributed by atoms with E-state index in [9.17, 15) is 13.2 Å². The minimum Gasteiger partial charge on any atom is -0.306 e. The van der Waals surface area contributed by atoms with Gasteiger partial charge in [-0.2, -0.15) is 13.2 Å². The number of fused-ring (bicyclic) bond motifs is 1. The van der Waals surface area contributed by atoms with Crippen LogP contribution in [0.15, 0.2) is 60.7 Å². The summed E-state index contributed by atoms with van der Waals surface area (Å²) in [5, 5.41) is 5.71. The molecule has 0 fully saturated rings. The third-order valence-corrected chi connectivity index (χ3v) is 4.51. The average molecular weight is 418 g/mol. The maximum absolute atomic E-state index is 12.8. The standard InChI is InChI=1S/C21H20F3N.C3H8.C2H6/c1-14-10-11-19(20-9-4-3-8-18(14)20)15(2)25-13-16-6-5-7-17(12-16)21(22,23)24;1-3-2;1-2/h3-12,15,25H,13H2,1-2H3;3H2,1-2H3;1-2H3. The maximum Gasteiger partial charge on any atom is 0.416 e. The molecule has 0 bridgehead atoms. The van der Waals surface area contributed by atoms with Crippen LogP contribution in [-0.2, 0) is 12.7 Å². The summed E-state index contributed by atoms with van der Waals surface area (Å²) in [6, 6.07) is 17.8. The number of aryl methyl sites for hydroxylation is 1. The number of halogens is 3. The van der Waals surface area contributed by atoms with Crippen LogP contribution in [0.25, 0.3) is 10.8 Å². The first-order valence-corrected chi connectivity index (χ1v) is 10.7. The number of alkyl halides is 3. The lowest BCUT2D eigenvalue weighted by Gasteiger charge is -2.18. The van der Waals surface area contributed by atoms with Crippen LogP contribution in [-0.4, -0.2) is 0 Å². The Labute approximate surface area is 179 Å². The van der Waals surface area contributed by atoms with Crippen LogP contribution in [0, 0.1) is 6.92 Å². The summed E-state index contributed by atoms with van der Waals surface area (Å²) >= 11 is 0. The van der Waals surface area contributed by atoms with E-state index >= 15 is 0 Å². The van der Waals surface area contributed by atoms with Gasteiger partial charge in [-0.3, -0.25) is 0 Å². The van der Waals surface area contributed by atoms with E-state index in [1.807, 2.05) is 32.9 Å². The van der Waals surface area contributed by atoms with Gasteiger partial charge < -0.3 is 5.32 Å². The summed E-state index contributed by atoms with van der Waals surface area (Å²) in [6.07, 6.45) is -3.06. The number of hydrogen-bond donors (Lipinski definition) is 1. The van der Waals surface area contributed by atoms with Gasteiger partial charge in [-0.25, -0.2) is 0 Å². The molecule has 1 atom stereocenters. The van der Waals surface area contributed by atoms with E-state index in [1.165, 1.54) is 34.9 Å². The predicted molar refractivity (Wildman–Crippen MR) is 123 cm³/mol. The Morgan fingerprint density at radius 1 is 0.867 bits per heavy atom. The number of hydrogen-bond acceptors (Lipinski definition) is 1. The molecular weight excluding hydrogens is 383 g/mol. The van der Waals surface area contributed by atoms with Gasteiger partial charge in [0.1, 0.15) is 0 Å². The molecule has 1 N–H and O–H groups in total. The zero-order chi connectivity index (χ0) is 22.7. The third-order valence-electron chi connectivity index (χ3n) is 4.51. The molecule has 3 rings (SSSR count). The Bertz CT molecular complexity index is 900. The van der Waals surface area contributed by atoms with Gasteiger partial charge in [-0.05, 0) is 47.4 Å². The fraction of sp³-hybridized carbons (Fsp3) is 0.385. The first kappa shape index (κ1) is 25.7. The molecule has 3 aromatic rings. The molecule has 1 unspecified atom stereocenters. The Hall–Kier alpha value is -2.33. The summed E-state index contributed by atoms with van der Waals surface area (Å²) in [7, 11) is 0. The largest absolute Gasteiger partial charge is 0.416 e. The van der Waals surface area contributed by atoms with Crippen molar-refractivity contribution in [3.63, 3.8) is 0 Å². The lowest BCUT2D eigenvalue weighted by molar-refractivity contribution is -0.137. The SMILES string of the molecule is CC.CCC.Cc1ccc(C(C)NCc2cccc(C(F)(F)F)c2)c2ccccc12. The molecule has 30 heavy (non-hydrogen) atoms. The molecule has 164 valence electrons. The molecule has 0 aliphatic heterocycles. The van der Waals surface area contributed by atoms with Crippen molar-refractivity contribution < 1.29 is 13.2 Å². The second-order valence-corrected chi connectivity index (χ2v) is 7.03. The summed E-state index contributed by atoms with van der Waals surface area (Å²) in [5.41, 5.74) is 2.37. The molecule has 0 aliphatic carbocycles. The van der Waals surface area contributed by atoms with Crippen LogP contribution in [0.5, 0.6) is 0 Å². The van der Waals surface area contributed by atoms with E-state index in [0.717, 1.165) is 11.6 Å². The molecular formula is C26H34F3N. The molecule has 0 aliphatic rings. The van der Waals surface area contributed by atoms with Crippen LogP contribution in [0.2, 0.25) is 0 Å². The highest BCUT2D eigenvalue weighted by atomic mass is 19.4. The lowest BCUT2D eigenvalue weighted by atomic mass is 9.96. The monoisotopic (exact) mass is 417 g/mol. The van der Waals surface area contributed by atoms with Crippen LogP contribution in [0.1, 0.15) is 69.3 Å². The van der Waals surface area contributed by atoms with Crippen molar-refractivity contribution in [2.45, 2.75) is 66.7 Å². The first-order valence-electron chi connectivity index (χ1n) is 10.7. The second-order valence-electron chi connectivity index (χ2n) is 7.03. The highest BCUT2D eigenvalue weighted by Gasteiger charge is 2.30. The van der Waals surface area contributed by atoms with Crippen molar-refractivity contribution in [1.29, 1.82) is 0 Å². The Balaban J connectivity index is 0.000000826. The van der Waals surface area contributed by atoms with Gasteiger partial charge in [-0.1, -0.05) is 88.7 Å². The molecule has 0 amide bonds. The highest BCUT2D eigenvalue weighted by molar-refractivity contribution is 5.88. The lowest BCUT2D eigenvalue weighted by Crippen LogP contribution is -2.19. The molecule has 0 saturated heterocycles. The Morgan fingerprint density at radius 2 is 1.47 bits per heavy atom. The van der Waals surface area contributed by atoms with E-state index in [1.54, 1.807) is 6.07 Å². The molecule has 0 heterocycles. The summed E-state index contributed by atoms with van der Waals surface area (Å²) in [6.45, 7) is 12.7. The Kier molecular flexibility index (Phi) is 10.6. The second kappa shape index (κ2) is 12.4. The summed E-state index contributed by atoms with van der Waals surface area (Å²) < 4.78 is 38.5. The van der Waals surface area contributed by atoms with Crippen molar-refractivity contribution in [2.24, 2.45) is 0 Å². The summed E-state index contributed by atoms with van der Waals surface area (Å²) in [4.78, 5) is 0. The number of nitrogens with one attached hydrogen (secondary N) is 1. The molecule has 3 aromatic carbocycles. The average Bonchev–Trinajstić information content (AvgIpc) is 2.74. The highest BCUT2D eigenvalue weighted by Crippen LogP contribution is 2.30. The maximum atomic E-state index is 12.8. The smallest absolute Gasteiger partial charge is 0.306 e. The van der Waals surface area contributed by atoms with E-state index < -0.39 is 11.7 Å². The normalized spacial score (nSPS) is 11.8. The van der Waals surface area contributed by atoms with E-state index in [-0.39, 0.29) is 6.04 Å². The van der Waals surface area contributed by atoms with E-state index in [0.29, 0.717) is 12.1 Å². The van der Waals surface area contributed by atoms with Crippen molar-refractivity contribution in [3.05, 3.63) is 82.9 Å². The van der Waals surface area contributed by atoms with Crippen LogP contribution in [0.4, 0.5) is 13.2 Å². The zero-order valence-electron chi connectivity index (χ0n) is 18.9. The van der Waals surface area contributed by atoms with Gasteiger partial charge >= 0.3 is 6.18 Å². The minimum atomic E-state index is -4.31. The van der Waals surface area contributed by atoms with Crippen LogP contribution < -0.4 is 5.32 Å². The van der Waals surface area contributed by atoms with Crippen molar-refractivity contribution >= 4 is 10.8 Å². The Morgan fingerprint density at radius 3 is 2.07 bits per heavy atom.